The first-order valence-corrected chi connectivity index (χ1v) is 13.5. The molecule has 0 aliphatic carbocycles. The van der Waals surface area contributed by atoms with Crippen LogP contribution in [0, 0.1) is 18.8 Å². The van der Waals surface area contributed by atoms with Gasteiger partial charge in [-0.3, -0.25) is 0 Å². The Kier molecular flexibility index (Phi) is 7.96. The van der Waals surface area contributed by atoms with E-state index in [0.717, 1.165) is 44.7 Å². The van der Waals surface area contributed by atoms with E-state index in [4.69, 9.17) is 9.72 Å². The molecule has 0 atom stereocenters. The number of rotatable bonds is 4. The van der Waals surface area contributed by atoms with Gasteiger partial charge in [0.1, 0.15) is 5.82 Å². The molecule has 0 saturated carbocycles. The molecule has 3 radical (unpaired) electrons. The van der Waals surface area contributed by atoms with Gasteiger partial charge < -0.3 is 19.1 Å². The first-order chi connectivity index (χ1) is 19.4. The summed E-state index contributed by atoms with van der Waals surface area (Å²) in [6.07, 6.45) is 1.89. The van der Waals surface area contributed by atoms with Crippen molar-refractivity contribution in [3.8, 4) is 17.3 Å². The van der Waals surface area contributed by atoms with Crippen LogP contribution in [0.5, 0.6) is 11.5 Å². The summed E-state index contributed by atoms with van der Waals surface area (Å²) in [6, 6.07) is 38.0. The fraction of sp³-hybridized carbons (Fsp3) is 0.143. The Hall–Kier alpha value is -4.02. The van der Waals surface area contributed by atoms with Gasteiger partial charge in [0, 0.05) is 64.1 Å². The molecule has 0 N–H and O–H groups in total. The van der Waals surface area contributed by atoms with Gasteiger partial charge in [0.25, 0.3) is 0 Å². The summed E-state index contributed by atoms with van der Waals surface area (Å²) in [5.41, 5.74) is 6.43. The Morgan fingerprint density at radius 3 is 2.33 bits per heavy atom. The van der Waals surface area contributed by atoms with Gasteiger partial charge in [0.15, 0.2) is 0 Å². The third kappa shape index (κ3) is 5.09. The summed E-state index contributed by atoms with van der Waals surface area (Å²) >= 11 is 0. The van der Waals surface area contributed by atoms with Crippen LogP contribution in [0.2, 0.25) is 0 Å². The number of nitrogens with zero attached hydrogens (tertiary/aromatic N) is 4. The van der Waals surface area contributed by atoms with Crippen molar-refractivity contribution in [3.05, 3.63) is 122 Å². The molecule has 0 fully saturated rings. The topological polar surface area (TPSA) is 33.5 Å². The monoisotopic (exact) mass is 727 g/mol. The molecule has 6 aromatic rings. The molecular weight excluding hydrogens is 698 g/mol. The van der Waals surface area contributed by atoms with Crippen molar-refractivity contribution in [2.75, 3.05) is 16.8 Å². The maximum atomic E-state index is 6.37. The molecule has 0 bridgehead atoms. The number of hydrogen-bond acceptors (Lipinski definition) is 4. The van der Waals surface area contributed by atoms with Gasteiger partial charge in [-0.25, -0.2) is 4.98 Å². The van der Waals surface area contributed by atoms with Gasteiger partial charge in [-0.2, -0.15) is 18.8 Å². The van der Waals surface area contributed by atoms with Crippen molar-refractivity contribution in [3.63, 3.8) is 0 Å². The normalized spacial score (nSPS) is 12.7. The Morgan fingerprint density at radius 1 is 0.786 bits per heavy atom. The van der Waals surface area contributed by atoms with Crippen LogP contribution in [0.25, 0.3) is 27.6 Å². The number of aromatic nitrogens is 2. The second-order valence-corrected chi connectivity index (χ2v) is 11.2. The Morgan fingerprint density at radius 2 is 1.52 bits per heavy atom. The molecule has 4 aromatic carbocycles. The maximum Gasteiger partial charge on any atom is 0.135 e. The molecule has 1 aliphatic rings. The fourth-order valence-electron chi connectivity index (χ4n) is 5.39. The summed E-state index contributed by atoms with van der Waals surface area (Å²) in [5, 5.41) is 2.26. The summed E-state index contributed by atoms with van der Waals surface area (Å²) in [5.74, 6) is 2.12. The largest absolute Gasteiger partial charge is 0.509 e. The van der Waals surface area contributed by atoms with Crippen molar-refractivity contribution < 1.29 is 25.8 Å². The zero-order valence-corrected chi connectivity index (χ0v) is 26.2. The van der Waals surface area contributed by atoms with E-state index in [2.05, 4.69) is 128 Å². The van der Waals surface area contributed by atoms with Gasteiger partial charge in [0.2, 0.25) is 0 Å². The number of para-hydroxylation sites is 3. The predicted molar refractivity (Wildman–Crippen MR) is 169 cm³/mol. The minimum atomic E-state index is 0. The van der Waals surface area contributed by atoms with E-state index in [9.17, 15) is 0 Å². The summed E-state index contributed by atoms with van der Waals surface area (Å²) < 4.78 is 8.55. The number of fused-ring (bicyclic) bond motifs is 4. The van der Waals surface area contributed by atoms with Crippen LogP contribution in [0.15, 0.2) is 97.2 Å². The van der Waals surface area contributed by atoms with Crippen molar-refractivity contribution >= 4 is 47.3 Å². The molecule has 0 amide bonds. The van der Waals surface area contributed by atoms with E-state index in [1.54, 1.807) is 0 Å². The Bertz CT molecular complexity index is 1890. The molecule has 0 saturated heterocycles. The molecule has 211 valence electrons. The van der Waals surface area contributed by atoms with Crippen molar-refractivity contribution in [1.82, 2.24) is 9.55 Å². The van der Waals surface area contributed by atoms with Gasteiger partial charge in [-0.15, -0.1) is 41.4 Å². The predicted octanol–water partition coefficient (Wildman–Crippen LogP) is 8.19. The van der Waals surface area contributed by atoms with Crippen LogP contribution >= 0.6 is 0 Å². The summed E-state index contributed by atoms with van der Waals surface area (Å²) in [4.78, 5) is 9.01. The second kappa shape index (κ2) is 11.3. The van der Waals surface area contributed by atoms with Gasteiger partial charge >= 0.3 is 0 Å². The van der Waals surface area contributed by atoms with Crippen LogP contribution < -0.4 is 14.5 Å². The first-order valence-electron chi connectivity index (χ1n) is 13.5. The minimum Gasteiger partial charge on any atom is -0.509 e. The van der Waals surface area contributed by atoms with E-state index < -0.39 is 0 Å². The third-order valence-electron chi connectivity index (χ3n) is 7.44. The molecular formula is C35H29BN4OPt-3. The first kappa shape index (κ1) is 29.5. The fourth-order valence-corrected chi connectivity index (χ4v) is 5.39. The average Bonchev–Trinajstić information content (AvgIpc) is 3.47. The van der Waals surface area contributed by atoms with Gasteiger partial charge in [-0.05, 0) is 53.7 Å². The number of ether oxygens (including phenoxy) is 1. The van der Waals surface area contributed by atoms with Crippen LogP contribution in [-0.4, -0.2) is 25.0 Å². The van der Waals surface area contributed by atoms with E-state index in [0.29, 0.717) is 11.5 Å². The van der Waals surface area contributed by atoms with Crippen molar-refractivity contribution in [2.24, 2.45) is 0 Å². The Balaban J connectivity index is 0.00000176. The summed E-state index contributed by atoms with van der Waals surface area (Å²) in [6.45, 7) is 8.72. The molecule has 0 unspecified atom stereocenters. The van der Waals surface area contributed by atoms with Crippen LogP contribution in [0.3, 0.4) is 0 Å². The minimum absolute atomic E-state index is 0. The molecule has 2 aromatic heterocycles. The number of anilines is 3. The zero-order valence-electron chi connectivity index (χ0n) is 23.9. The second-order valence-electron chi connectivity index (χ2n) is 11.2. The van der Waals surface area contributed by atoms with E-state index >= 15 is 0 Å². The van der Waals surface area contributed by atoms with Crippen molar-refractivity contribution in [1.29, 1.82) is 0 Å². The number of hydrogen-bond donors (Lipinski definition) is 0. The van der Waals surface area contributed by atoms with E-state index in [1.807, 2.05) is 30.5 Å². The van der Waals surface area contributed by atoms with Crippen LogP contribution in [0.1, 0.15) is 26.3 Å². The van der Waals surface area contributed by atoms with E-state index in [-0.39, 0.29) is 34.9 Å². The SMILES string of the molecule is CN1[CH-]N(c2[c-]c(Oc3[c-]c4c(cc3)c3ccccc3n4-c3cc(C(C)(C)C)ccn3)ccc2)c2ccccc21.[B].[Pt]. The zero-order chi connectivity index (χ0) is 27.4. The van der Waals surface area contributed by atoms with Gasteiger partial charge in [-0.1, -0.05) is 56.6 Å². The van der Waals surface area contributed by atoms with E-state index in [1.165, 1.54) is 5.56 Å². The molecule has 7 rings (SSSR count). The maximum absolute atomic E-state index is 6.37. The Labute approximate surface area is 263 Å². The quantitative estimate of drug-likeness (QED) is 0.136. The third-order valence-corrected chi connectivity index (χ3v) is 7.44. The molecule has 3 heterocycles. The van der Waals surface area contributed by atoms with Crippen LogP contribution in [0.4, 0.5) is 17.1 Å². The van der Waals surface area contributed by atoms with Crippen molar-refractivity contribution in [2.45, 2.75) is 26.2 Å². The molecule has 1 aliphatic heterocycles. The van der Waals surface area contributed by atoms with Gasteiger partial charge in [0.05, 0.1) is 0 Å². The molecule has 0 spiro atoms. The van der Waals surface area contributed by atoms with Crippen LogP contribution in [-0.2, 0) is 26.5 Å². The summed E-state index contributed by atoms with van der Waals surface area (Å²) in [7, 11) is 2.05. The molecule has 7 heteroatoms. The number of pyridine rings is 1. The number of benzene rings is 4. The molecule has 5 nitrogen and oxygen atoms in total. The standard InChI is InChI=1S/C35H29N4O.B.Pt/c1-35(2,3)24-18-19-36-34(20-24)39-30-13-6-5-12-28(30)29-17-16-27(22-33(29)39)40-26-11-9-10-25(21-26)38-23-37(4)31-14-7-8-15-32(31)38;;/h5-20,23H,1-4H3;;/q-3;;. The average molecular weight is 728 g/mol. The molecule has 42 heavy (non-hydrogen) atoms. The smallest absolute Gasteiger partial charge is 0.135 e.